The molecule has 2 heterocycles. The van der Waals surface area contributed by atoms with E-state index in [1.165, 1.54) is 0 Å². The molecule has 0 unspecified atom stereocenters. The normalized spacial score (nSPS) is 17.4. The van der Waals surface area contributed by atoms with Gasteiger partial charge >= 0.3 is 0 Å². The second kappa shape index (κ2) is 8.80. The average Bonchev–Trinajstić information content (AvgIpc) is 3.20. The number of carbonyl (C=O) groups excluding carboxylic acids is 1. The summed E-state index contributed by atoms with van der Waals surface area (Å²) in [6.07, 6.45) is 1.91. The monoisotopic (exact) mass is 377 g/mol. The molecule has 0 amide bonds. The number of benzene rings is 2. The van der Waals surface area contributed by atoms with E-state index in [0.29, 0.717) is 24.8 Å². The Morgan fingerprint density at radius 2 is 1.86 bits per heavy atom. The molecule has 1 saturated heterocycles. The van der Waals surface area contributed by atoms with Crippen molar-refractivity contribution in [1.82, 2.24) is 15.0 Å². The van der Waals surface area contributed by atoms with E-state index in [4.69, 9.17) is 9.26 Å². The Hall–Kier alpha value is -2.99. The van der Waals surface area contributed by atoms with Crippen LogP contribution >= 0.6 is 0 Å². The second-order valence-corrected chi connectivity index (χ2v) is 7.01. The van der Waals surface area contributed by atoms with Crippen molar-refractivity contribution in [2.75, 3.05) is 13.1 Å². The van der Waals surface area contributed by atoms with Crippen molar-refractivity contribution in [3.8, 4) is 5.75 Å². The van der Waals surface area contributed by atoms with Crippen molar-refractivity contribution in [3.05, 3.63) is 77.9 Å². The molecule has 1 aliphatic rings. The highest BCUT2D eigenvalue weighted by Crippen LogP contribution is 2.22. The summed E-state index contributed by atoms with van der Waals surface area (Å²) in [5.74, 6) is 2.08. The fourth-order valence-electron chi connectivity index (χ4n) is 3.52. The standard InChI is InChI=1S/C22H23N3O3/c26-22(17-8-3-1-4-9-17)18-10-7-13-25(14-18)15-21-23-20(24-28-21)16-27-19-11-5-2-6-12-19/h1-6,8-9,11-12,18H,7,10,13-16H2/t18-/m0/s1. The summed E-state index contributed by atoms with van der Waals surface area (Å²) < 4.78 is 11.0. The molecule has 6 heteroatoms. The van der Waals surface area contributed by atoms with Crippen LogP contribution in [0.3, 0.4) is 0 Å². The Kier molecular flexibility index (Phi) is 5.77. The number of likely N-dealkylation sites (tertiary alicyclic amines) is 1. The van der Waals surface area contributed by atoms with Gasteiger partial charge < -0.3 is 9.26 Å². The van der Waals surface area contributed by atoms with Crippen LogP contribution < -0.4 is 4.74 Å². The van der Waals surface area contributed by atoms with E-state index in [9.17, 15) is 4.79 Å². The molecule has 6 nitrogen and oxygen atoms in total. The Labute approximate surface area is 164 Å². The number of Topliss-reactive ketones (excluding diaryl/α,β-unsaturated/α-hetero) is 1. The highest BCUT2D eigenvalue weighted by molar-refractivity contribution is 5.98. The molecular formula is C22H23N3O3. The molecule has 1 aromatic heterocycles. The van der Waals surface area contributed by atoms with Gasteiger partial charge in [0.2, 0.25) is 11.7 Å². The summed E-state index contributed by atoms with van der Waals surface area (Å²) in [4.78, 5) is 19.4. The first-order valence-electron chi connectivity index (χ1n) is 9.59. The van der Waals surface area contributed by atoms with Gasteiger partial charge in [-0.3, -0.25) is 9.69 Å². The molecule has 1 aliphatic heterocycles. The van der Waals surface area contributed by atoms with Crippen LogP contribution in [0.5, 0.6) is 5.75 Å². The summed E-state index contributed by atoms with van der Waals surface area (Å²) >= 11 is 0. The third kappa shape index (κ3) is 4.64. The van der Waals surface area contributed by atoms with Crippen molar-refractivity contribution < 1.29 is 14.1 Å². The average molecular weight is 377 g/mol. The van der Waals surface area contributed by atoms with Crippen molar-refractivity contribution in [3.63, 3.8) is 0 Å². The van der Waals surface area contributed by atoms with Crippen LogP contribution in [0.25, 0.3) is 0 Å². The lowest BCUT2D eigenvalue weighted by Gasteiger charge is -2.30. The van der Waals surface area contributed by atoms with E-state index in [1.54, 1.807) is 0 Å². The van der Waals surface area contributed by atoms with Gasteiger partial charge in [0.25, 0.3) is 0 Å². The van der Waals surface area contributed by atoms with Gasteiger partial charge in [0, 0.05) is 18.0 Å². The molecule has 1 atom stereocenters. The minimum atomic E-state index is 0.0138. The lowest BCUT2D eigenvalue weighted by molar-refractivity contribution is 0.0797. The first kappa shape index (κ1) is 18.4. The smallest absolute Gasteiger partial charge is 0.240 e. The molecule has 0 aliphatic carbocycles. The van der Waals surface area contributed by atoms with Crippen LogP contribution in [-0.4, -0.2) is 33.9 Å². The largest absolute Gasteiger partial charge is 0.485 e. The van der Waals surface area contributed by atoms with Gasteiger partial charge in [0.15, 0.2) is 12.4 Å². The highest BCUT2D eigenvalue weighted by atomic mass is 16.5. The van der Waals surface area contributed by atoms with Crippen LogP contribution in [-0.2, 0) is 13.2 Å². The van der Waals surface area contributed by atoms with E-state index >= 15 is 0 Å². The van der Waals surface area contributed by atoms with Gasteiger partial charge in [0.05, 0.1) is 6.54 Å². The van der Waals surface area contributed by atoms with Crippen LogP contribution in [0.2, 0.25) is 0 Å². The zero-order valence-electron chi connectivity index (χ0n) is 15.7. The number of rotatable bonds is 7. The van der Waals surface area contributed by atoms with E-state index < -0.39 is 0 Å². The van der Waals surface area contributed by atoms with Gasteiger partial charge in [-0.1, -0.05) is 53.7 Å². The SMILES string of the molecule is O=C(c1ccccc1)[C@H]1CCCN(Cc2nc(COc3ccccc3)no2)C1. The topological polar surface area (TPSA) is 68.5 Å². The molecule has 4 rings (SSSR count). The molecule has 28 heavy (non-hydrogen) atoms. The number of ether oxygens (including phenoxy) is 1. The fourth-order valence-corrected chi connectivity index (χ4v) is 3.52. The summed E-state index contributed by atoms with van der Waals surface area (Å²) in [6, 6.07) is 19.1. The molecule has 0 N–H and O–H groups in total. The zero-order chi connectivity index (χ0) is 19.2. The molecule has 0 bridgehead atoms. The van der Waals surface area contributed by atoms with Crippen molar-refractivity contribution >= 4 is 5.78 Å². The molecule has 3 aromatic rings. The van der Waals surface area contributed by atoms with Crippen LogP contribution in [0, 0.1) is 5.92 Å². The van der Waals surface area contributed by atoms with E-state index in [1.807, 2.05) is 60.7 Å². The Morgan fingerprint density at radius 1 is 1.11 bits per heavy atom. The summed E-state index contributed by atoms with van der Waals surface area (Å²) in [5, 5.41) is 3.99. The van der Waals surface area contributed by atoms with E-state index in [-0.39, 0.29) is 18.3 Å². The summed E-state index contributed by atoms with van der Waals surface area (Å²) in [7, 11) is 0. The number of hydrogen-bond donors (Lipinski definition) is 0. The molecule has 2 aromatic carbocycles. The number of carbonyl (C=O) groups is 1. The number of ketones is 1. The number of nitrogens with zero attached hydrogens (tertiary/aromatic N) is 3. The number of para-hydroxylation sites is 1. The third-order valence-electron chi connectivity index (χ3n) is 4.91. The van der Waals surface area contributed by atoms with Crippen molar-refractivity contribution in [2.24, 2.45) is 5.92 Å². The van der Waals surface area contributed by atoms with Gasteiger partial charge in [-0.05, 0) is 31.5 Å². The number of aromatic nitrogens is 2. The quantitative estimate of drug-likeness (QED) is 0.584. The first-order valence-corrected chi connectivity index (χ1v) is 9.59. The van der Waals surface area contributed by atoms with Gasteiger partial charge in [-0.25, -0.2) is 0 Å². The summed E-state index contributed by atoms with van der Waals surface area (Å²) in [5.41, 5.74) is 0.785. The zero-order valence-corrected chi connectivity index (χ0v) is 15.7. The molecule has 0 spiro atoms. The van der Waals surface area contributed by atoms with Crippen molar-refractivity contribution in [2.45, 2.75) is 26.0 Å². The molecule has 144 valence electrons. The van der Waals surface area contributed by atoms with Gasteiger partial charge in [-0.15, -0.1) is 0 Å². The van der Waals surface area contributed by atoms with E-state index in [2.05, 4.69) is 15.0 Å². The lowest BCUT2D eigenvalue weighted by atomic mass is 9.90. The van der Waals surface area contributed by atoms with Crippen LogP contribution in [0.1, 0.15) is 34.9 Å². The maximum Gasteiger partial charge on any atom is 0.240 e. The highest BCUT2D eigenvalue weighted by Gasteiger charge is 2.27. The molecule has 0 saturated carbocycles. The Balaban J connectivity index is 1.32. The maximum absolute atomic E-state index is 12.7. The predicted octanol–water partition coefficient (Wildman–Crippen LogP) is 3.74. The first-order chi connectivity index (χ1) is 13.8. The number of hydrogen-bond acceptors (Lipinski definition) is 6. The minimum absolute atomic E-state index is 0.0138. The second-order valence-electron chi connectivity index (χ2n) is 7.01. The van der Waals surface area contributed by atoms with Gasteiger partial charge in [-0.2, -0.15) is 4.98 Å². The fraction of sp³-hybridized carbons (Fsp3) is 0.318. The summed E-state index contributed by atoms with van der Waals surface area (Å²) in [6.45, 7) is 2.46. The lowest BCUT2D eigenvalue weighted by Crippen LogP contribution is -2.38. The molecule has 0 radical (unpaired) electrons. The predicted molar refractivity (Wildman–Crippen MR) is 104 cm³/mol. The van der Waals surface area contributed by atoms with Crippen LogP contribution in [0.15, 0.2) is 65.2 Å². The molecule has 1 fully saturated rings. The van der Waals surface area contributed by atoms with Crippen LogP contribution in [0.4, 0.5) is 0 Å². The molecular weight excluding hydrogens is 354 g/mol. The Bertz CT molecular complexity index is 896. The third-order valence-corrected chi connectivity index (χ3v) is 4.91. The number of piperidine rings is 1. The van der Waals surface area contributed by atoms with E-state index in [0.717, 1.165) is 30.7 Å². The van der Waals surface area contributed by atoms with Crippen molar-refractivity contribution in [1.29, 1.82) is 0 Å². The minimum Gasteiger partial charge on any atom is -0.485 e. The van der Waals surface area contributed by atoms with Gasteiger partial charge in [0.1, 0.15) is 5.75 Å². The Morgan fingerprint density at radius 3 is 2.64 bits per heavy atom. The maximum atomic E-state index is 12.7.